The molecule has 0 aliphatic carbocycles. The molecule has 0 bridgehead atoms. The van der Waals surface area contributed by atoms with Crippen molar-refractivity contribution in [1.82, 2.24) is 19.5 Å². The Bertz CT molecular complexity index is 2140. The third kappa shape index (κ3) is 4.05. The second-order valence-corrected chi connectivity index (χ2v) is 10.2. The standard InChI is InChI=1S/C37H24N4/c1-2-8-27-21-28(13-12-25(27)7-1)34-22-29(23-35(40-34)33-10-5-6-19-39-33)26-14-16-30(17-15-26)41-36-11-4-3-9-31(36)32-24-38-20-18-37(32)41/h1-24H. The molecular weight excluding hydrogens is 500 g/mol. The number of aromatic nitrogens is 4. The first-order valence-corrected chi connectivity index (χ1v) is 13.7. The van der Waals surface area contributed by atoms with E-state index in [1.807, 2.05) is 36.8 Å². The zero-order chi connectivity index (χ0) is 27.2. The molecule has 8 aromatic rings. The van der Waals surface area contributed by atoms with Crippen molar-refractivity contribution in [2.45, 2.75) is 0 Å². The second-order valence-electron chi connectivity index (χ2n) is 10.2. The van der Waals surface area contributed by atoms with E-state index in [0.717, 1.165) is 50.4 Å². The maximum absolute atomic E-state index is 5.06. The average Bonchev–Trinajstić information content (AvgIpc) is 3.39. The first-order valence-electron chi connectivity index (χ1n) is 13.7. The van der Waals surface area contributed by atoms with Crippen molar-refractivity contribution in [3.63, 3.8) is 0 Å². The summed E-state index contributed by atoms with van der Waals surface area (Å²) in [6.45, 7) is 0. The average molecular weight is 525 g/mol. The monoisotopic (exact) mass is 524 g/mol. The summed E-state index contributed by atoms with van der Waals surface area (Å²) < 4.78 is 2.31. The molecule has 4 heteroatoms. The van der Waals surface area contributed by atoms with Crippen LogP contribution in [0, 0.1) is 0 Å². The molecule has 4 nitrogen and oxygen atoms in total. The minimum Gasteiger partial charge on any atom is -0.309 e. The Kier molecular flexibility index (Phi) is 5.42. The number of pyridine rings is 3. The van der Waals surface area contributed by atoms with Crippen LogP contribution in [-0.2, 0) is 0 Å². The van der Waals surface area contributed by atoms with Gasteiger partial charge in [-0.05, 0) is 76.5 Å². The zero-order valence-corrected chi connectivity index (χ0v) is 22.1. The van der Waals surface area contributed by atoms with Gasteiger partial charge in [0.15, 0.2) is 0 Å². The number of fused-ring (bicyclic) bond motifs is 4. The molecule has 0 radical (unpaired) electrons. The largest absolute Gasteiger partial charge is 0.309 e. The van der Waals surface area contributed by atoms with Gasteiger partial charge in [0.05, 0.1) is 28.1 Å². The molecule has 4 aromatic heterocycles. The van der Waals surface area contributed by atoms with Crippen LogP contribution in [0.1, 0.15) is 0 Å². The van der Waals surface area contributed by atoms with Gasteiger partial charge in [-0.25, -0.2) is 4.98 Å². The van der Waals surface area contributed by atoms with E-state index in [-0.39, 0.29) is 0 Å². The molecule has 192 valence electrons. The van der Waals surface area contributed by atoms with Crippen LogP contribution < -0.4 is 0 Å². The molecule has 8 rings (SSSR count). The third-order valence-corrected chi connectivity index (χ3v) is 7.73. The van der Waals surface area contributed by atoms with E-state index in [0.29, 0.717) is 0 Å². The highest BCUT2D eigenvalue weighted by Crippen LogP contribution is 2.34. The predicted molar refractivity (Wildman–Crippen MR) is 168 cm³/mol. The lowest BCUT2D eigenvalue weighted by atomic mass is 9.99. The van der Waals surface area contributed by atoms with Gasteiger partial charge in [0, 0.05) is 40.6 Å². The quantitative estimate of drug-likeness (QED) is 0.231. The van der Waals surface area contributed by atoms with Gasteiger partial charge in [0.25, 0.3) is 0 Å². The first-order chi connectivity index (χ1) is 20.3. The summed E-state index contributed by atoms with van der Waals surface area (Å²) in [5.41, 5.74) is 9.36. The fourth-order valence-electron chi connectivity index (χ4n) is 5.74. The van der Waals surface area contributed by atoms with Crippen LogP contribution >= 0.6 is 0 Å². The van der Waals surface area contributed by atoms with Gasteiger partial charge in [-0.2, -0.15) is 0 Å². The summed E-state index contributed by atoms with van der Waals surface area (Å²) in [5.74, 6) is 0. The van der Waals surface area contributed by atoms with E-state index < -0.39 is 0 Å². The summed E-state index contributed by atoms with van der Waals surface area (Å²) in [4.78, 5) is 14.0. The summed E-state index contributed by atoms with van der Waals surface area (Å²) in [7, 11) is 0. The topological polar surface area (TPSA) is 43.6 Å². The summed E-state index contributed by atoms with van der Waals surface area (Å²) >= 11 is 0. The maximum Gasteiger partial charge on any atom is 0.0899 e. The highest BCUT2D eigenvalue weighted by Gasteiger charge is 2.13. The van der Waals surface area contributed by atoms with Crippen molar-refractivity contribution in [1.29, 1.82) is 0 Å². The van der Waals surface area contributed by atoms with Gasteiger partial charge in [0.1, 0.15) is 0 Å². The smallest absolute Gasteiger partial charge is 0.0899 e. The molecule has 0 atom stereocenters. The van der Waals surface area contributed by atoms with Gasteiger partial charge < -0.3 is 4.57 Å². The number of hydrogen-bond acceptors (Lipinski definition) is 3. The van der Waals surface area contributed by atoms with Crippen molar-refractivity contribution >= 4 is 32.6 Å². The molecule has 0 amide bonds. The van der Waals surface area contributed by atoms with E-state index in [1.54, 1.807) is 0 Å². The third-order valence-electron chi connectivity index (χ3n) is 7.73. The molecule has 0 aliphatic rings. The molecule has 0 fully saturated rings. The van der Waals surface area contributed by atoms with Crippen LogP contribution in [0.4, 0.5) is 0 Å². The fourth-order valence-corrected chi connectivity index (χ4v) is 5.74. The Hall–Kier alpha value is -5.61. The van der Waals surface area contributed by atoms with Crippen LogP contribution in [0.25, 0.3) is 72.0 Å². The summed E-state index contributed by atoms with van der Waals surface area (Å²) in [5, 5.41) is 4.77. The van der Waals surface area contributed by atoms with E-state index >= 15 is 0 Å². The molecule has 0 N–H and O–H groups in total. The van der Waals surface area contributed by atoms with Crippen molar-refractivity contribution in [3.05, 3.63) is 146 Å². The number of para-hydroxylation sites is 1. The highest BCUT2D eigenvalue weighted by molar-refractivity contribution is 6.08. The van der Waals surface area contributed by atoms with Crippen molar-refractivity contribution in [2.24, 2.45) is 0 Å². The molecule has 0 saturated carbocycles. The van der Waals surface area contributed by atoms with Crippen molar-refractivity contribution in [2.75, 3.05) is 0 Å². The van der Waals surface area contributed by atoms with Gasteiger partial charge in [-0.15, -0.1) is 0 Å². The number of nitrogens with zero attached hydrogens (tertiary/aromatic N) is 4. The molecule has 41 heavy (non-hydrogen) atoms. The van der Waals surface area contributed by atoms with Gasteiger partial charge in [-0.3, -0.25) is 9.97 Å². The summed E-state index contributed by atoms with van der Waals surface area (Å²) in [6.07, 6.45) is 5.62. The Morgan fingerprint density at radius 2 is 1.22 bits per heavy atom. The van der Waals surface area contributed by atoms with Crippen LogP contribution in [-0.4, -0.2) is 19.5 Å². The fraction of sp³-hybridized carbons (Fsp3) is 0. The molecule has 0 spiro atoms. The Morgan fingerprint density at radius 3 is 2.10 bits per heavy atom. The SMILES string of the molecule is c1ccc(-c2cc(-c3ccc(-n4c5ccccc5c5cnccc54)cc3)cc(-c3ccc4ccccc4c3)n2)nc1. The minimum atomic E-state index is 0.852. The summed E-state index contributed by atoms with van der Waals surface area (Å²) in [6, 6.07) is 44.6. The Balaban J connectivity index is 1.27. The lowest BCUT2D eigenvalue weighted by molar-refractivity contribution is 1.17. The zero-order valence-electron chi connectivity index (χ0n) is 22.1. The lowest BCUT2D eigenvalue weighted by Gasteiger charge is -2.12. The van der Waals surface area contributed by atoms with Crippen LogP contribution in [0.2, 0.25) is 0 Å². The molecular formula is C37H24N4. The van der Waals surface area contributed by atoms with Crippen molar-refractivity contribution < 1.29 is 0 Å². The van der Waals surface area contributed by atoms with Gasteiger partial charge in [-0.1, -0.05) is 72.8 Å². The predicted octanol–water partition coefficient (Wildman–Crippen LogP) is 9.12. The molecule has 0 aliphatic heterocycles. The van der Waals surface area contributed by atoms with E-state index in [9.17, 15) is 0 Å². The molecule has 4 aromatic carbocycles. The van der Waals surface area contributed by atoms with E-state index in [2.05, 4.69) is 124 Å². The van der Waals surface area contributed by atoms with Crippen molar-refractivity contribution in [3.8, 4) is 39.5 Å². The number of hydrogen-bond donors (Lipinski definition) is 0. The second kappa shape index (κ2) is 9.54. The Morgan fingerprint density at radius 1 is 0.463 bits per heavy atom. The van der Waals surface area contributed by atoms with Crippen LogP contribution in [0.5, 0.6) is 0 Å². The lowest BCUT2D eigenvalue weighted by Crippen LogP contribution is -1.95. The van der Waals surface area contributed by atoms with Gasteiger partial charge in [0.2, 0.25) is 0 Å². The minimum absolute atomic E-state index is 0.852. The molecule has 4 heterocycles. The normalized spacial score (nSPS) is 11.4. The van der Waals surface area contributed by atoms with Crippen LogP contribution in [0.3, 0.4) is 0 Å². The molecule has 0 saturated heterocycles. The van der Waals surface area contributed by atoms with E-state index in [4.69, 9.17) is 4.98 Å². The van der Waals surface area contributed by atoms with Crippen LogP contribution in [0.15, 0.2) is 146 Å². The molecule has 0 unspecified atom stereocenters. The maximum atomic E-state index is 5.06. The highest BCUT2D eigenvalue weighted by atomic mass is 15.0. The number of benzene rings is 4. The Labute approximate surface area is 237 Å². The van der Waals surface area contributed by atoms with E-state index in [1.165, 1.54) is 21.7 Å². The first kappa shape index (κ1) is 23.3. The number of rotatable bonds is 4. The van der Waals surface area contributed by atoms with Gasteiger partial charge >= 0.3 is 0 Å².